The molecule has 0 radical (unpaired) electrons. The number of nitrogens with one attached hydrogen (secondary N) is 1. The van der Waals surface area contributed by atoms with Gasteiger partial charge in [0.05, 0.1) is 22.6 Å². The van der Waals surface area contributed by atoms with Gasteiger partial charge in [-0.1, -0.05) is 79.7 Å². The van der Waals surface area contributed by atoms with Crippen LogP contribution in [0.5, 0.6) is 0 Å². The predicted octanol–water partition coefficient (Wildman–Crippen LogP) is 7.20. The van der Waals surface area contributed by atoms with E-state index in [-0.39, 0.29) is 17.5 Å². The molecule has 0 saturated carbocycles. The zero-order valence-electron chi connectivity index (χ0n) is 23.0. The van der Waals surface area contributed by atoms with Gasteiger partial charge in [0.25, 0.3) is 5.91 Å². The smallest absolute Gasteiger partial charge is 0.336 e. The van der Waals surface area contributed by atoms with Crippen LogP contribution >= 0.6 is 0 Å². The maximum absolute atomic E-state index is 13.3. The van der Waals surface area contributed by atoms with Crippen molar-refractivity contribution in [3.05, 3.63) is 125 Å². The van der Waals surface area contributed by atoms with Crippen LogP contribution in [0.25, 0.3) is 22.2 Å². The molecule has 4 aromatic carbocycles. The molecule has 5 aromatic rings. The minimum Gasteiger partial charge on any atom is -0.478 e. The van der Waals surface area contributed by atoms with Gasteiger partial charge in [-0.25, -0.2) is 9.78 Å². The molecular weight excluding hydrogens is 498 g/mol. The molecule has 0 unspecified atom stereocenters. The van der Waals surface area contributed by atoms with Crippen LogP contribution in [-0.4, -0.2) is 26.5 Å². The highest BCUT2D eigenvalue weighted by atomic mass is 16.4. The highest BCUT2D eigenvalue weighted by molar-refractivity contribution is 5.99. The summed E-state index contributed by atoms with van der Waals surface area (Å²) in [5.41, 5.74) is 7.36. The van der Waals surface area contributed by atoms with E-state index in [1.54, 1.807) is 12.1 Å². The molecule has 1 atom stereocenters. The van der Waals surface area contributed by atoms with E-state index in [4.69, 9.17) is 4.98 Å². The van der Waals surface area contributed by atoms with Gasteiger partial charge in [0, 0.05) is 18.5 Å². The van der Waals surface area contributed by atoms with Gasteiger partial charge >= 0.3 is 5.97 Å². The van der Waals surface area contributed by atoms with Crippen LogP contribution in [0.1, 0.15) is 69.5 Å². The Bertz CT molecular complexity index is 1670. The molecule has 0 aliphatic rings. The van der Waals surface area contributed by atoms with Crippen molar-refractivity contribution < 1.29 is 14.7 Å². The number of fused-ring (bicyclic) bond motifs is 1. The van der Waals surface area contributed by atoms with Gasteiger partial charge in [0.15, 0.2) is 0 Å². The first-order valence-corrected chi connectivity index (χ1v) is 13.6. The van der Waals surface area contributed by atoms with Crippen LogP contribution in [0.2, 0.25) is 0 Å². The SMILES string of the molecule is CCCc1nc2c(C)cc(C(=O)N[C@@H](C)c3ccccc3)cc2n1Cc1ccc(-c2ccccc2C(=O)O)cc1. The molecule has 6 nitrogen and oxygen atoms in total. The van der Waals surface area contributed by atoms with Gasteiger partial charge in [-0.3, -0.25) is 4.79 Å². The fourth-order valence-corrected chi connectivity index (χ4v) is 5.16. The number of nitrogens with zero attached hydrogens (tertiary/aromatic N) is 2. The third-order valence-corrected chi connectivity index (χ3v) is 7.27. The van der Waals surface area contributed by atoms with E-state index in [1.807, 2.05) is 92.7 Å². The van der Waals surface area contributed by atoms with Crippen molar-refractivity contribution >= 4 is 22.9 Å². The molecule has 0 aliphatic carbocycles. The molecule has 2 N–H and O–H groups in total. The normalized spacial score (nSPS) is 11.9. The van der Waals surface area contributed by atoms with E-state index in [0.717, 1.165) is 52.0 Å². The summed E-state index contributed by atoms with van der Waals surface area (Å²) in [7, 11) is 0. The van der Waals surface area contributed by atoms with Crippen LogP contribution in [0, 0.1) is 6.92 Å². The summed E-state index contributed by atoms with van der Waals surface area (Å²) in [4.78, 5) is 30.0. The lowest BCUT2D eigenvalue weighted by Crippen LogP contribution is -2.26. The monoisotopic (exact) mass is 531 g/mol. The first kappa shape index (κ1) is 26.9. The number of aromatic carboxylic acids is 1. The Hall–Kier alpha value is -4.71. The number of carbonyl (C=O) groups excluding carboxylic acids is 1. The second-order valence-corrected chi connectivity index (χ2v) is 10.2. The fourth-order valence-electron chi connectivity index (χ4n) is 5.16. The van der Waals surface area contributed by atoms with Gasteiger partial charge < -0.3 is 15.0 Å². The lowest BCUT2D eigenvalue weighted by Gasteiger charge is -2.15. The number of benzene rings is 4. The van der Waals surface area contributed by atoms with Crippen molar-refractivity contribution in [2.75, 3.05) is 0 Å². The quantitative estimate of drug-likeness (QED) is 0.211. The lowest BCUT2D eigenvalue weighted by atomic mass is 9.98. The number of hydrogen-bond acceptors (Lipinski definition) is 3. The van der Waals surface area contributed by atoms with Crippen molar-refractivity contribution in [2.24, 2.45) is 0 Å². The minimum atomic E-state index is -0.942. The van der Waals surface area contributed by atoms with E-state index >= 15 is 0 Å². The summed E-state index contributed by atoms with van der Waals surface area (Å²) < 4.78 is 2.20. The molecule has 0 aliphatic heterocycles. The number of rotatable bonds is 9. The number of carbonyl (C=O) groups is 2. The van der Waals surface area contributed by atoms with Crippen molar-refractivity contribution in [1.29, 1.82) is 0 Å². The third-order valence-electron chi connectivity index (χ3n) is 7.27. The number of imidazole rings is 1. The van der Waals surface area contributed by atoms with Crippen LogP contribution in [0.15, 0.2) is 91.0 Å². The van der Waals surface area contributed by atoms with Crippen molar-refractivity contribution in [2.45, 2.75) is 46.2 Å². The van der Waals surface area contributed by atoms with Crippen molar-refractivity contribution in [1.82, 2.24) is 14.9 Å². The standard InChI is InChI=1S/C34H33N3O3/c1-4-10-31-36-32-22(2)19-27(33(38)35-23(3)25-11-6-5-7-12-25)20-30(32)37(31)21-24-15-17-26(18-16-24)28-13-8-9-14-29(28)34(39)40/h5-9,11-20,23H,4,10,21H2,1-3H3,(H,35,38)(H,39,40)/t23-/m0/s1. The number of hydrogen-bond donors (Lipinski definition) is 2. The maximum atomic E-state index is 13.3. The molecular formula is C34H33N3O3. The van der Waals surface area contributed by atoms with Crippen LogP contribution in [0.3, 0.4) is 0 Å². The molecule has 6 heteroatoms. The fraction of sp³-hybridized carbons (Fsp3) is 0.206. The number of amides is 1. The zero-order valence-corrected chi connectivity index (χ0v) is 23.0. The second kappa shape index (κ2) is 11.6. The van der Waals surface area contributed by atoms with Crippen molar-refractivity contribution in [3.8, 4) is 11.1 Å². The summed E-state index contributed by atoms with van der Waals surface area (Å²) >= 11 is 0. The number of aromatic nitrogens is 2. The average Bonchev–Trinajstić information content (AvgIpc) is 3.31. The Kier molecular flexibility index (Phi) is 7.78. The van der Waals surface area contributed by atoms with E-state index in [1.165, 1.54) is 0 Å². The molecule has 1 amide bonds. The highest BCUT2D eigenvalue weighted by Crippen LogP contribution is 2.27. The molecule has 0 spiro atoms. The Morgan fingerprint density at radius 2 is 1.65 bits per heavy atom. The van der Waals surface area contributed by atoms with E-state index in [0.29, 0.717) is 17.7 Å². The molecule has 1 heterocycles. The summed E-state index contributed by atoms with van der Waals surface area (Å²) in [6, 6.07) is 28.7. The first-order chi connectivity index (χ1) is 19.4. The predicted molar refractivity (Wildman–Crippen MR) is 159 cm³/mol. The first-order valence-electron chi connectivity index (χ1n) is 13.6. The van der Waals surface area contributed by atoms with Crippen LogP contribution < -0.4 is 5.32 Å². The van der Waals surface area contributed by atoms with Gasteiger partial charge in [0.2, 0.25) is 0 Å². The molecule has 40 heavy (non-hydrogen) atoms. The van der Waals surface area contributed by atoms with Crippen LogP contribution in [0.4, 0.5) is 0 Å². The van der Waals surface area contributed by atoms with Crippen molar-refractivity contribution in [3.63, 3.8) is 0 Å². The van der Waals surface area contributed by atoms with Gasteiger partial charge in [-0.2, -0.15) is 0 Å². The number of carboxylic acid groups (broad SMARTS) is 1. The molecule has 5 rings (SSSR count). The van der Waals surface area contributed by atoms with Gasteiger partial charge in [-0.15, -0.1) is 0 Å². The maximum Gasteiger partial charge on any atom is 0.336 e. The Balaban J connectivity index is 1.47. The summed E-state index contributed by atoms with van der Waals surface area (Å²) in [5.74, 6) is -0.0779. The average molecular weight is 532 g/mol. The topological polar surface area (TPSA) is 84.2 Å². The highest BCUT2D eigenvalue weighted by Gasteiger charge is 2.18. The van der Waals surface area contributed by atoms with Gasteiger partial charge in [0.1, 0.15) is 5.82 Å². The molecule has 0 bridgehead atoms. The Morgan fingerprint density at radius 1 is 0.950 bits per heavy atom. The van der Waals surface area contributed by atoms with E-state index in [2.05, 4.69) is 16.8 Å². The van der Waals surface area contributed by atoms with E-state index in [9.17, 15) is 14.7 Å². The number of aryl methyl sites for hydroxylation is 2. The summed E-state index contributed by atoms with van der Waals surface area (Å²) in [5, 5.41) is 12.7. The molecule has 0 saturated heterocycles. The molecule has 202 valence electrons. The minimum absolute atomic E-state index is 0.116. The van der Waals surface area contributed by atoms with E-state index < -0.39 is 5.97 Å². The lowest BCUT2D eigenvalue weighted by molar-refractivity contribution is 0.0697. The molecule has 0 fully saturated rings. The Labute approximate surface area is 234 Å². The van der Waals surface area contributed by atoms with Gasteiger partial charge in [-0.05, 0) is 66.3 Å². The number of carboxylic acids is 1. The third kappa shape index (κ3) is 5.52. The summed E-state index contributed by atoms with van der Waals surface area (Å²) in [6.07, 6.45) is 1.78. The molecule has 1 aromatic heterocycles. The largest absolute Gasteiger partial charge is 0.478 e. The second-order valence-electron chi connectivity index (χ2n) is 10.2. The zero-order chi connectivity index (χ0) is 28.2. The van der Waals surface area contributed by atoms with Crippen LogP contribution in [-0.2, 0) is 13.0 Å². The Morgan fingerprint density at radius 3 is 2.35 bits per heavy atom. The summed E-state index contributed by atoms with van der Waals surface area (Å²) in [6.45, 7) is 6.72.